The molecule has 10 heteroatoms. The third-order valence-electron chi connectivity index (χ3n) is 8.08. The Kier molecular flexibility index (Phi) is 9.68. The van der Waals surface area contributed by atoms with Crippen LogP contribution < -0.4 is 30.0 Å². The van der Waals surface area contributed by atoms with Crippen LogP contribution in [0.15, 0.2) is 72.8 Å². The first kappa shape index (κ1) is 30.2. The number of piperazine rings is 1. The van der Waals surface area contributed by atoms with Crippen molar-refractivity contribution in [1.29, 1.82) is 0 Å². The SMILES string of the molecule is COc1ccc(CCNC(=O)C(c2ccccc2)N2CCN(c3ccc(N4CNN(C(C)C)C4=O)cc3)CC2)cc1OC. The number of hydrogen-bond acceptors (Lipinski definition) is 7. The maximum absolute atomic E-state index is 13.6. The molecule has 2 aliphatic heterocycles. The van der Waals surface area contributed by atoms with E-state index in [0.717, 1.165) is 48.7 Å². The zero-order valence-electron chi connectivity index (χ0n) is 25.5. The number of nitrogens with zero attached hydrogens (tertiary/aromatic N) is 4. The van der Waals surface area contributed by atoms with E-state index in [9.17, 15) is 9.59 Å². The van der Waals surface area contributed by atoms with E-state index in [2.05, 4.69) is 32.7 Å². The van der Waals surface area contributed by atoms with Crippen LogP contribution in [0.3, 0.4) is 0 Å². The van der Waals surface area contributed by atoms with Crippen LogP contribution in [0.1, 0.15) is 31.0 Å². The van der Waals surface area contributed by atoms with Crippen molar-refractivity contribution >= 4 is 23.3 Å². The zero-order chi connectivity index (χ0) is 30.3. The fourth-order valence-electron chi connectivity index (χ4n) is 5.73. The Balaban J connectivity index is 1.19. The lowest BCUT2D eigenvalue weighted by Crippen LogP contribution is -2.51. The van der Waals surface area contributed by atoms with Gasteiger partial charge in [-0.15, -0.1) is 0 Å². The van der Waals surface area contributed by atoms with Gasteiger partial charge in [0.05, 0.1) is 20.9 Å². The van der Waals surface area contributed by atoms with Crippen molar-refractivity contribution in [2.45, 2.75) is 32.4 Å². The normalized spacial score (nSPS) is 16.5. The number of urea groups is 1. The lowest BCUT2D eigenvalue weighted by molar-refractivity contribution is -0.126. The third-order valence-corrected chi connectivity index (χ3v) is 8.08. The molecule has 43 heavy (non-hydrogen) atoms. The highest BCUT2D eigenvalue weighted by Gasteiger charge is 2.32. The molecule has 2 heterocycles. The number of benzene rings is 3. The quantitative estimate of drug-likeness (QED) is 0.351. The van der Waals surface area contributed by atoms with Gasteiger partial charge < -0.3 is 19.7 Å². The molecule has 0 bridgehead atoms. The molecule has 1 unspecified atom stereocenters. The molecule has 3 amide bonds. The molecule has 2 fully saturated rings. The third kappa shape index (κ3) is 6.87. The number of carbonyl (C=O) groups excluding carboxylic acids is 2. The molecular weight excluding hydrogens is 544 g/mol. The number of methoxy groups -OCH3 is 2. The van der Waals surface area contributed by atoms with Gasteiger partial charge in [-0.3, -0.25) is 19.6 Å². The lowest BCUT2D eigenvalue weighted by Gasteiger charge is -2.40. The first-order valence-electron chi connectivity index (χ1n) is 14.9. The molecule has 0 radical (unpaired) electrons. The molecule has 0 spiro atoms. The number of anilines is 2. The minimum absolute atomic E-state index is 0.00353. The Morgan fingerprint density at radius 1 is 0.884 bits per heavy atom. The maximum atomic E-state index is 13.6. The summed E-state index contributed by atoms with van der Waals surface area (Å²) in [6.07, 6.45) is 0.686. The largest absolute Gasteiger partial charge is 0.493 e. The molecule has 3 aromatic rings. The van der Waals surface area contributed by atoms with Gasteiger partial charge in [-0.1, -0.05) is 36.4 Å². The Morgan fingerprint density at radius 3 is 2.19 bits per heavy atom. The number of rotatable bonds is 11. The van der Waals surface area contributed by atoms with Crippen molar-refractivity contribution in [3.63, 3.8) is 0 Å². The highest BCUT2D eigenvalue weighted by atomic mass is 16.5. The number of amides is 3. The fraction of sp³-hybridized carbons (Fsp3) is 0.394. The Hall–Kier alpha value is -4.28. The highest BCUT2D eigenvalue weighted by molar-refractivity contribution is 5.93. The van der Waals surface area contributed by atoms with E-state index < -0.39 is 0 Å². The van der Waals surface area contributed by atoms with Crippen molar-refractivity contribution in [3.05, 3.63) is 83.9 Å². The van der Waals surface area contributed by atoms with Crippen LogP contribution in [0.2, 0.25) is 0 Å². The predicted octanol–water partition coefficient (Wildman–Crippen LogP) is 4.04. The van der Waals surface area contributed by atoms with Crippen LogP contribution in [0.4, 0.5) is 16.2 Å². The Morgan fingerprint density at radius 2 is 1.56 bits per heavy atom. The predicted molar refractivity (Wildman–Crippen MR) is 169 cm³/mol. The van der Waals surface area contributed by atoms with E-state index in [-0.39, 0.29) is 24.0 Å². The van der Waals surface area contributed by atoms with E-state index in [0.29, 0.717) is 31.1 Å². The molecule has 1 atom stereocenters. The summed E-state index contributed by atoms with van der Waals surface area (Å²) in [5.41, 5.74) is 7.19. The van der Waals surface area contributed by atoms with Crippen LogP contribution in [-0.4, -0.2) is 81.5 Å². The van der Waals surface area contributed by atoms with Gasteiger partial charge in [0, 0.05) is 50.1 Å². The Bertz CT molecular complexity index is 1380. The minimum atomic E-state index is -0.367. The molecule has 10 nitrogen and oxygen atoms in total. The first-order chi connectivity index (χ1) is 20.9. The van der Waals surface area contributed by atoms with Crippen molar-refractivity contribution in [2.24, 2.45) is 0 Å². The zero-order valence-corrected chi connectivity index (χ0v) is 25.5. The summed E-state index contributed by atoms with van der Waals surface area (Å²) < 4.78 is 10.8. The summed E-state index contributed by atoms with van der Waals surface area (Å²) >= 11 is 0. The second-order valence-electron chi connectivity index (χ2n) is 11.1. The number of hydrogen-bond donors (Lipinski definition) is 2. The molecule has 5 rings (SSSR count). The number of nitrogens with one attached hydrogen (secondary N) is 2. The van der Waals surface area contributed by atoms with Crippen molar-refractivity contribution in [2.75, 3.05) is 63.4 Å². The molecule has 3 aromatic carbocycles. The van der Waals surface area contributed by atoms with Crippen LogP contribution in [0.5, 0.6) is 11.5 Å². The molecular formula is C33H42N6O4. The van der Waals surface area contributed by atoms with Crippen LogP contribution in [0, 0.1) is 0 Å². The minimum Gasteiger partial charge on any atom is -0.493 e. The van der Waals surface area contributed by atoms with E-state index in [4.69, 9.17) is 9.47 Å². The number of ether oxygens (including phenoxy) is 2. The molecule has 228 valence electrons. The monoisotopic (exact) mass is 586 g/mol. The summed E-state index contributed by atoms with van der Waals surface area (Å²) in [5, 5.41) is 4.83. The molecule has 2 aliphatic rings. The van der Waals surface area contributed by atoms with E-state index in [1.807, 2.05) is 74.5 Å². The van der Waals surface area contributed by atoms with Gasteiger partial charge in [0.25, 0.3) is 0 Å². The van der Waals surface area contributed by atoms with Crippen molar-refractivity contribution < 1.29 is 19.1 Å². The maximum Gasteiger partial charge on any atom is 0.340 e. The molecule has 0 saturated carbocycles. The average Bonchev–Trinajstić information content (AvgIpc) is 3.43. The smallest absolute Gasteiger partial charge is 0.340 e. The second-order valence-corrected chi connectivity index (χ2v) is 11.1. The van der Waals surface area contributed by atoms with E-state index in [1.165, 1.54) is 0 Å². The number of carbonyl (C=O) groups is 2. The second kappa shape index (κ2) is 13.8. The lowest BCUT2D eigenvalue weighted by atomic mass is 10.0. The average molecular weight is 587 g/mol. The summed E-state index contributed by atoms with van der Waals surface area (Å²) in [7, 11) is 3.24. The number of hydrazine groups is 1. The van der Waals surface area contributed by atoms with Crippen LogP contribution >= 0.6 is 0 Å². The molecule has 0 aliphatic carbocycles. The van der Waals surface area contributed by atoms with Crippen LogP contribution in [0.25, 0.3) is 0 Å². The Labute approximate surface area is 254 Å². The van der Waals surface area contributed by atoms with Gasteiger partial charge in [-0.2, -0.15) is 0 Å². The van der Waals surface area contributed by atoms with Gasteiger partial charge in [-0.25, -0.2) is 10.2 Å². The van der Waals surface area contributed by atoms with Crippen molar-refractivity contribution in [1.82, 2.24) is 20.7 Å². The van der Waals surface area contributed by atoms with Gasteiger partial charge in [-0.05, 0) is 67.8 Å². The summed E-state index contributed by atoms with van der Waals surface area (Å²) in [5.74, 6) is 1.37. The van der Waals surface area contributed by atoms with Crippen LogP contribution in [-0.2, 0) is 11.2 Å². The topological polar surface area (TPSA) is 89.6 Å². The van der Waals surface area contributed by atoms with Gasteiger partial charge in [0.2, 0.25) is 5.91 Å². The van der Waals surface area contributed by atoms with Gasteiger partial charge in [0.1, 0.15) is 6.04 Å². The van der Waals surface area contributed by atoms with Gasteiger partial charge >= 0.3 is 6.03 Å². The standard InChI is InChI=1S/C33H42N6O4/c1-24(2)39-33(41)38(23-35-39)28-13-11-27(12-14-28)36-18-20-37(21-19-36)31(26-8-6-5-7-9-26)32(40)34-17-16-25-10-15-29(42-3)30(22-25)43-4/h5-15,22,24,31,35H,16-21,23H2,1-4H3,(H,34,40). The fourth-order valence-corrected chi connectivity index (χ4v) is 5.73. The molecule has 2 saturated heterocycles. The summed E-state index contributed by atoms with van der Waals surface area (Å²) in [6, 6.07) is 23.7. The van der Waals surface area contributed by atoms with E-state index in [1.54, 1.807) is 24.1 Å². The summed E-state index contributed by atoms with van der Waals surface area (Å²) in [6.45, 7) is 8.07. The molecule has 2 N–H and O–H groups in total. The first-order valence-corrected chi connectivity index (χ1v) is 14.9. The highest BCUT2D eigenvalue weighted by Crippen LogP contribution is 2.29. The molecule has 0 aromatic heterocycles. The van der Waals surface area contributed by atoms with Gasteiger partial charge in [0.15, 0.2) is 11.5 Å². The van der Waals surface area contributed by atoms with Crippen molar-refractivity contribution in [3.8, 4) is 11.5 Å². The summed E-state index contributed by atoms with van der Waals surface area (Å²) in [4.78, 5) is 32.7. The van der Waals surface area contributed by atoms with E-state index >= 15 is 0 Å².